The third kappa shape index (κ3) is 3.33. The first kappa shape index (κ1) is 18.4. The molecule has 28 heavy (non-hydrogen) atoms. The van der Waals surface area contributed by atoms with Crippen molar-refractivity contribution in [2.75, 3.05) is 13.1 Å². The predicted octanol–water partition coefficient (Wildman–Crippen LogP) is 3.75. The molecular formula is C23H24N2O3. The summed E-state index contributed by atoms with van der Waals surface area (Å²) in [5.74, 6) is 0.121. The fraction of sp³-hybridized carbons (Fsp3) is 0.348. The van der Waals surface area contributed by atoms with Crippen LogP contribution in [-0.2, 0) is 6.54 Å². The molecule has 0 bridgehead atoms. The Hall–Kier alpha value is -2.95. The average molecular weight is 376 g/mol. The Morgan fingerprint density at radius 1 is 1.00 bits per heavy atom. The summed E-state index contributed by atoms with van der Waals surface area (Å²) in [5.41, 5.74) is 2.39. The van der Waals surface area contributed by atoms with E-state index in [0.29, 0.717) is 22.6 Å². The lowest BCUT2D eigenvalue weighted by Crippen LogP contribution is -2.39. The van der Waals surface area contributed by atoms with Crippen LogP contribution in [0.1, 0.15) is 62.8 Å². The maximum atomic E-state index is 12.8. The van der Waals surface area contributed by atoms with Crippen LogP contribution in [0.4, 0.5) is 0 Å². The molecule has 0 radical (unpaired) electrons. The number of benzene rings is 2. The first-order chi connectivity index (χ1) is 13.6. The van der Waals surface area contributed by atoms with Crippen molar-refractivity contribution in [1.82, 2.24) is 9.80 Å². The molecule has 1 fully saturated rings. The second-order valence-electron chi connectivity index (χ2n) is 7.61. The zero-order chi connectivity index (χ0) is 19.7. The molecule has 2 heterocycles. The largest absolute Gasteiger partial charge is 0.338 e. The number of carbonyl (C=O) groups is 3. The quantitative estimate of drug-likeness (QED) is 0.764. The van der Waals surface area contributed by atoms with E-state index in [0.717, 1.165) is 31.5 Å². The van der Waals surface area contributed by atoms with Gasteiger partial charge in [0.1, 0.15) is 0 Å². The molecule has 144 valence electrons. The number of amides is 3. The Balaban J connectivity index is 1.45. The Labute approximate surface area is 164 Å². The Bertz CT molecular complexity index is 885. The predicted molar refractivity (Wildman–Crippen MR) is 106 cm³/mol. The monoisotopic (exact) mass is 376 g/mol. The summed E-state index contributed by atoms with van der Waals surface area (Å²) >= 11 is 0. The Kier molecular flexibility index (Phi) is 4.99. The maximum Gasteiger partial charge on any atom is 0.261 e. The number of imide groups is 1. The molecule has 2 aromatic carbocycles. The molecule has 0 saturated carbocycles. The third-order valence-corrected chi connectivity index (χ3v) is 5.80. The van der Waals surface area contributed by atoms with E-state index in [1.165, 1.54) is 11.3 Å². The third-order valence-electron chi connectivity index (χ3n) is 5.80. The highest BCUT2D eigenvalue weighted by atomic mass is 16.2. The molecule has 0 aromatic heterocycles. The maximum absolute atomic E-state index is 12.8. The molecule has 3 amide bonds. The van der Waals surface area contributed by atoms with E-state index in [4.69, 9.17) is 0 Å². The average Bonchev–Trinajstić information content (AvgIpc) is 2.99. The van der Waals surface area contributed by atoms with Crippen LogP contribution >= 0.6 is 0 Å². The standard InChI is InChI=1S/C23H24N2O3/c1-2-16-6-5-13-24(14-16)21(26)18-11-9-17(10-12-18)15-25-22(27)19-7-3-4-8-20(19)23(25)28/h3-4,7-12,16H,2,5-6,13-15H2,1H3. The van der Waals surface area contributed by atoms with Crippen molar-refractivity contribution in [3.63, 3.8) is 0 Å². The van der Waals surface area contributed by atoms with Gasteiger partial charge in [0, 0.05) is 18.7 Å². The molecule has 5 nitrogen and oxygen atoms in total. The van der Waals surface area contributed by atoms with Crippen LogP contribution in [0, 0.1) is 5.92 Å². The van der Waals surface area contributed by atoms with Crippen molar-refractivity contribution in [2.45, 2.75) is 32.7 Å². The number of fused-ring (bicyclic) bond motifs is 1. The second-order valence-corrected chi connectivity index (χ2v) is 7.61. The summed E-state index contributed by atoms with van der Waals surface area (Å²) in [6.45, 7) is 4.02. The summed E-state index contributed by atoms with van der Waals surface area (Å²) in [6, 6.07) is 14.1. The molecule has 2 aromatic rings. The minimum Gasteiger partial charge on any atom is -0.338 e. The van der Waals surface area contributed by atoms with Crippen LogP contribution in [0.15, 0.2) is 48.5 Å². The summed E-state index contributed by atoms with van der Waals surface area (Å²) in [4.78, 5) is 41.0. The van der Waals surface area contributed by atoms with Crippen molar-refractivity contribution < 1.29 is 14.4 Å². The summed E-state index contributed by atoms with van der Waals surface area (Å²) in [6.07, 6.45) is 3.35. The van der Waals surface area contributed by atoms with Crippen LogP contribution in [0.5, 0.6) is 0 Å². The van der Waals surface area contributed by atoms with Crippen LogP contribution in [-0.4, -0.2) is 40.6 Å². The lowest BCUT2D eigenvalue weighted by molar-refractivity contribution is 0.0637. The SMILES string of the molecule is CCC1CCCN(C(=O)c2ccc(CN3C(=O)c4ccccc4C3=O)cc2)C1. The van der Waals surface area contributed by atoms with Gasteiger partial charge in [-0.25, -0.2) is 0 Å². The van der Waals surface area contributed by atoms with E-state index in [-0.39, 0.29) is 24.3 Å². The number of piperidine rings is 1. The minimum absolute atomic E-state index is 0.0606. The van der Waals surface area contributed by atoms with Gasteiger partial charge in [-0.1, -0.05) is 37.6 Å². The van der Waals surface area contributed by atoms with Gasteiger partial charge >= 0.3 is 0 Å². The topological polar surface area (TPSA) is 57.7 Å². The van der Waals surface area contributed by atoms with Crippen molar-refractivity contribution >= 4 is 17.7 Å². The van der Waals surface area contributed by atoms with Gasteiger partial charge in [-0.05, 0) is 48.6 Å². The zero-order valence-electron chi connectivity index (χ0n) is 16.1. The van der Waals surface area contributed by atoms with Crippen molar-refractivity contribution in [2.24, 2.45) is 5.92 Å². The fourth-order valence-electron chi connectivity index (χ4n) is 4.08. The molecule has 0 aliphatic carbocycles. The van der Waals surface area contributed by atoms with Gasteiger partial charge in [0.2, 0.25) is 0 Å². The number of carbonyl (C=O) groups excluding carboxylic acids is 3. The van der Waals surface area contributed by atoms with Gasteiger partial charge in [0.05, 0.1) is 17.7 Å². The smallest absolute Gasteiger partial charge is 0.261 e. The highest BCUT2D eigenvalue weighted by Gasteiger charge is 2.35. The van der Waals surface area contributed by atoms with Gasteiger partial charge in [0.15, 0.2) is 0 Å². The molecule has 5 heteroatoms. The van der Waals surface area contributed by atoms with Crippen LogP contribution in [0.2, 0.25) is 0 Å². The van der Waals surface area contributed by atoms with Gasteiger partial charge in [-0.2, -0.15) is 0 Å². The van der Waals surface area contributed by atoms with E-state index < -0.39 is 0 Å². The lowest BCUT2D eigenvalue weighted by atomic mass is 9.95. The van der Waals surface area contributed by atoms with E-state index >= 15 is 0 Å². The normalized spacial score (nSPS) is 19.1. The summed E-state index contributed by atoms with van der Waals surface area (Å²) in [5, 5.41) is 0. The Morgan fingerprint density at radius 2 is 1.64 bits per heavy atom. The molecular weight excluding hydrogens is 352 g/mol. The second kappa shape index (κ2) is 7.58. The van der Waals surface area contributed by atoms with Crippen LogP contribution < -0.4 is 0 Å². The highest BCUT2D eigenvalue weighted by molar-refractivity contribution is 6.21. The number of rotatable bonds is 4. The van der Waals surface area contributed by atoms with E-state index in [2.05, 4.69) is 6.92 Å². The minimum atomic E-state index is -0.264. The molecule has 1 atom stereocenters. The summed E-state index contributed by atoms with van der Waals surface area (Å²) in [7, 11) is 0. The van der Waals surface area contributed by atoms with Crippen LogP contribution in [0.3, 0.4) is 0 Å². The van der Waals surface area contributed by atoms with Crippen molar-refractivity contribution in [3.05, 3.63) is 70.8 Å². The fourth-order valence-corrected chi connectivity index (χ4v) is 4.08. The number of likely N-dealkylation sites (tertiary alicyclic amines) is 1. The van der Waals surface area contributed by atoms with Crippen molar-refractivity contribution in [3.8, 4) is 0 Å². The van der Waals surface area contributed by atoms with Crippen molar-refractivity contribution in [1.29, 1.82) is 0 Å². The Morgan fingerprint density at radius 3 is 2.25 bits per heavy atom. The number of hydrogen-bond acceptors (Lipinski definition) is 3. The van der Waals surface area contributed by atoms with Gasteiger partial charge in [-0.15, -0.1) is 0 Å². The van der Waals surface area contributed by atoms with E-state index in [1.54, 1.807) is 36.4 Å². The molecule has 0 spiro atoms. The first-order valence-electron chi connectivity index (χ1n) is 9.92. The molecule has 2 aliphatic heterocycles. The molecule has 0 N–H and O–H groups in total. The van der Waals surface area contributed by atoms with E-state index in [9.17, 15) is 14.4 Å². The molecule has 4 rings (SSSR count). The molecule has 1 unspecified atom stereocenters. The summed E-state index contributed by atoms with van der Waals surface area (Å²) < 4.78 is 0. The molecule has 1 saturated heterocycles. The van der Waals surface area contributed by atoms with Crippen LogP contribution in [0.25, 0.3) is 0 Å². The highest BCUT2D eigenvalue weighted by Crippen LogP contribution is 2.25. The zero-order valence-corrected chi connectivity index (χ0v) is 16.1. The lowest BCUT2D eigenvalue weighted by Gasteiger charge is -2.32. The van der Waals surface area contributed by atoms with Gasteiger partial charge in [-0.3, -0.25) is 19.3 Å². The number of hydrogen-bond donors (Lipinski definition) is 0. The van der Waals surface area contributed by atoms with E-state index in [1.807, 2.05) is 17.0 Å². The van der Waals surface area contributed by atoms with Gasteiger partial charge < -0.3 is 4.90 Å². The first-order valence-corrected chi connectivity index (χ1v) is 9.92. The van der Waals surface area contributed by atoms with Gasteiger partial charge in [0.25, 0.3) is 17.7 Å². The molecule has 2 aliphatic rings. The number of nitrogens with zero attached hydrogens (tertiary/aromatic N) is 2.